The smallest absolute Gasteiger partial charge is 0.257 e. The van der Waals surface area contributed by atoms with Crippen LogP contribution in [0.5, 0.6) is 0 Å². The lowest BCUT2D eigenvalue weighted by molar-refractivity contribution is -0.149. The molecule has 2 N–H and O–H groups in total. The van der Waals surface area contributed by atoms with Gasteiger partial charge in [0.25, 0.3) is 5.91 Å². The van der Waals surface area contributed by atoms with Crippen molar-refractivity contribution in [3.05, 3.63) is 71.8 Å². The normalized spacial score (nSPS) is 29.0. The molecule has 4 heteroatoms. The first-order valence-corrected chi connectivity index (χ1v) is 12.0. The number of likely N-dealkylation sites (tertiary alicyclic amines) is 1. The van der Waals surface area contributed by atoms with Crippen molar-refractivity contribution in [1.29, 1.82) is 0 Å². The van der Waals surface area contributed by atoms with Crippen molar-refractivity contribution in [2.24, 2.45) is 17.8 Å². The van der Waals surface area contributed by atoms with Crippen molar-refractivity contribution in [1.82, 2.24) is 10.2 Å². The maximum absolute atomic E-state index is 13.5. The first-order valence-electron chi connectivity index (χ1n) is 12.0. The van der Waals surface area contributed by atoms with E-state index in [2.05, 4.69) is 47.5 Å². The number of hydrogen-bond donors (Lipinski definition) is 2. The van der Waals surface area contributed by atoms with Gasteiger partial charge in [0.15, 0.2) is 5.60 Å². The Morgan fingerprint density at radius 2 is 1.55 bits per heavy atom. The maximum atomic E-state index is 13.5. The van der Waals surface area contributed by atoms with Crippen molar-refractivity contribution < 1.29 is 9.90 Å². The average molecular weight is 419 g/mol. The number of carbonyl (C=O) groups excluding carboxylic acids is 1. The van der Waals surface area contributed by atoms with E-state index in [0.717, 1.165) is 44.3 Å². The zero-order valence-electron chi connectivity index (χ0n) is 18.4. The summed E-state index contributed by atoms with van der Waals surface area (Å²) in [5.74, 6) is 0.812. The number of rotatable bonds is 6. The van der Waals surface area contributed by atoms with Gasteiger partial charge in [-0.25, -0.2) is 0 Å². The van der Waals surface area contributed by atoms with Crippen LogP contribution in [0.15, 0.2) is 60.7 Å². The van der Waals surface area contributed by atoms with Gasteiger partial charge in [0.2, 0.25) is 0 Å². The molecular formula is C27H34N2O2. The molecule has 164 valence electrons. The molecule has 1 saturated heterocycles. The highest BCUT2D eigenvalue weighted by Crippen LogP contribution is 2.49. The quantitative estimate of drug-likeness (QED) is 0.737. The molecular weight excluding hydrogens is 384 g/mol. The summed E-state index contributed by atoms with van der Waals surface area (Å²) in [6.45, 7) is 4.29. The molecule has 5 rings (SSSR count). The molecule has 2 aliphatic carbocycles. The minimum atomic E-state index is -1.42. The fourth-order valence-electron chi connectivity index (χ4n) is 6.06. The lowest BCUT2D eigenvalue weighted by atomic mass is 9.73. The van der Waals surface area contributed by atoms with E-state index < -0.39 is 5.60 Å². The third-order valence-electron chi connectivity index (χ3n) is 8.11. The Balaban J connectivity index is 1.26. The SMILES string of the molecule is CC(c1ccccc1)N1CC2[C@H](C1)[C@H]2NC(=O)C(O)(c1ccccc1)C1CCCCC1. The summed E-state index contributed by atoms with van der Waals surface area (Å²) in [4.78, 5) is 16.0. The third-order valence-corrected chi connectivity index (χ3v) is 8.11. The van der Waals surface area contributed by atoms with Crippen LogP contribution in [0.1, 0.15) is 56.2 Å². The van der Waals surface area contributed by atoms with E-state index in [9.17, 15) is 9.90 Å². The van der Waals surface area contributed by atoms with Gasteiger partial charge in [-0.15, -0.1) is 0 Å². The van der Waals surface area contributed by atoms with Crippen LogP contribution in [0.2, 0.25) is 0 Å². The largest absolute Gasteiger partial charge is 0.375 e. The number of nitrogens with one attached hydrogen (secondary N) is 1. The highest BCUT2D eigenvalue weighted by molar-refractivity contribution is 5.87. The van der Waals surface area contributed by atoms with Gasteiger partial charge < -0.3 is 10.4 Å². The number of piperidine rings is 1. The van der Waals surface area contributed by atoms with Crippen molar-refractivity contribution in [3.8, 4) is 0 Å². The van der Waals surface area contributed by atoms with Crippen LogP contribution < -0.4 is 5.32 Å². The van der Waals surface area contributed by atoms with E-state index in [1.807, 2.05) is 30.3 Å². The Kier molecular flexibility index (Phi) is 5.61. The van der Waals surface area contributed by atoms with Gasteiger partial charge in [0.1, 0.15) is 0 Å². The minimum absolute atomic E-state index is 0.00292. The molecule has 2 aromatic carbocycles. The van der Waals surface area contributed by atoms with Gasteiger partial charge in [0.05, 0.1) is 0 Å². The van der Waals surface area contributed by atoms with Crippen LogP contribution in [-0.4, -0.2) is 35.0 Å². The number of amides is 1. The Morgan fingerprint density at radius 1 is 0.968 bits per heavy atom. The summed E-state index contributed by atoms with van der Waals surface area (Å²) < 4.78 is 0. The number of fused-ring (bicyclic) bond motifs is 1. The van der Waals surface area contributed by atoms with E-state index in [1.165, 1.54) is 12.0 Å². The van der Waals surface area contributed by atoms with Crippen LogP contribution >= 0.6 is 0 Å². The van der Waals surface area contributed by atoms with Gasteiger partial charge in [-0.05, 0) is 42.7 Å². The van der Waals surface area contributed by atoms with Crippen LogP contribution in [0.4, 0.5) is 0 Å². The monoisotopic (exact) mass is 418 g/mol. The minimum Gasteiger partial charge on any atom is -0.375 e. The second kappa shape index (κ2) is 8.40. The summed E-state index contributed by atoms with van der Waals surface area (Å²) in [5.41, 5.74) is 0.667. The van der Waals surface area contributed by atoms with Gasteiger partial charge >= 0.3 is 0 Å². The van der Waals surface area contributed by atoms with Crippen LogP contribution in [0.3, 0.4) is 0 Å². The third kappa shape index (κ3) is 3.81. The van der Waals surface area contributed by atoms with E-state index in [1.54, 1.807) is 0 Å². The van der Waals surface area contributed by atoms with Crippen LogP contribution in [-0.2, 0) is 10.4 Å². The molecule has 31 heavy (non-hydrogen) atoms. The number of aliphatic hydroxyl groups is 1. The lowest BCUT2D eigenvalue weighted by Gasteiger charge is -2.38. The topological polar surface area (TPSA) is 52.6 Å². The van der Waals surface area contributed by atoms with E-state index in [4.69, 9.17) is 0 Å². The van der Waals surface area contributed by atoms with E-state index >= 15 is 0 Å². The summed E-state index contributed by atoms with van der Waals surface area (Å²) in [6.07, 6.45) is 5.21. The molecule has 1 aliphatic heterocycles. The van der Waals surface area contributed by atoms with E-state index in [0.29, 0.717) is 17.9 Å². The molecule has 1 amide bonds. The predicted molar refractivity (Wildman–Crippen MR) is 122 cm³/mol. The van der Waals surface area contributed by atoms with Gasteiger partial charge in [-0.2, -0.15) is 0 Å². The molecule has 0 aromatic heterocycles. The lowest BCUT2D eigenvalue weighted by Crippen LogP contribution is -2.52. The highest BCUT2D eigenvalue weighted by Gasteiger charge is 2.58. The van der Waals surface area contributed by atoms with Crippen molar-refractivity contribution >= 4 is 5.91 Å². The highest BCUT2D eigenvalue weighted by atomic mass is 16.3. The molecule has 0 spiro atoms. The van der Waals surface area contributed by atoms with E-state index in [-0.39, 0.29) is 17.9 Å². The van der Waals surface area contributed by atoms with Crippen molar-refractivity contribution in [2.45, 2.75) is 56.7 Å². The Hall–Kier alpha value is -2.17. The van der Waals surface area contributed by atoms with Crippen molar-refractivity contribution in [2.75, 3.05) is 13.1 Å². The second-order valence-electron chi connectivity index (χ2n) is 9.83. The first-order chi connectivity index (χ1) is 15.1. The second-order valence-corrected chi connectivity index (χ2v) is 9.83. The molecule has 2 aromatic rings. The molecule has 3 unspecified atom stereocenters. The number of nitrogens with zero attached hydrogens (tertiary/aromatic N) is 1. The molecule has 0 radical (unpaired) electrons. The maximum Gasteiger partial charge on any atom is 0.257 e. The van der Waals surface area contributed by atoms with Gasteiger partial charge in [-0.3, -0.25) is 9.69 Å². The molecule has 5 atom stereocenters. The van der Waals surface area contributed by atoms with Gasteiger partial charge in [0, 0.05) is 31.1 Å². The summed E-state index contributed by atoms with van der Waals surface area (Å²) in [7, 11) is 0. The van der Waals surface area contributed by atoms with Crippen molar-refractivity contribution in [3.63, 3.8) is 0 Å². The molecule has 2 saturated carbocycles. The summed E-state index contributed by atoms with van der Waals surface area (Å²) in [5, 5.41) is 15.1. The fourth-order valence-corrected chi connectivity index (χ4v) is 6.06. The Labute approximate surface area is 185 Å². The Morgan fingerprint density at radius 3 is 2.16 bits per heavy atom. The zero-order chi connectivity index (χ0) is 21.4. The average Bonchev–Trinajstić information content (AvgIpc) is 3.26. The summed E-state index contributed by atoms with van der Waals surface area (Å²) >= 11 is 0. The van der Waals surface area contributed by atoms with Crippen LogP contribution in [0, 0.1) is 17.8 Å². The first kappa shape index (κ1) is 20.7. The molecule has 1 heterocycles. The van der Waals surface area contributed by atoms with Crippen LogP contribution in [0.25, 0.3) is 0 Å². The number of hydrogen-bond acceptors (Lipinski definition) is 3. The summed E-state index contributed by atoms with van der Waals surface area (Å²) in [6, 6.07) is 20.8. The molecule has 3 fully saturated rings. The molecule has 3 aliphatic rings. The molecule has 4 nitrogen and oxygen atoms in total. The standard InChI is InChI=1S/C27H34N2O2/c1-19(20-11-5-2-6-12-20)29-17-23-24(18-29)25(23)28-26(30)27(31,21-13-7-3-8-14-21)22-15-9-4-10-16-22/h2-3,5-8,11-14,19,22-25,31H,4,9-10,15-18H2,1H3,(H,28,30)/t19?,23-,24?,25+,27?/m0/s1. The zero-order valence-corrected chi connectivity index (χ0v) is 18.4. The Bertz CT molecular complexity index is 884. The number of benzene rings is 2. The fraction of sp³-hybridized carbons (Fsp3) is 0.519. The predicted octanol–water partition coefficient (Wildman–Crippen LogP) is 4.26. The number of carbonyl (C=O) groups is 1. The molecule has 0 bridgehead atoms. The van der Waals surface area contributed by atoms with Gasteiger partial charge in [-0.1, -0.05) is 79.9 Å².